The second kappa shape index (κ2) is 6.87. The number of aromatic nitrogens is 1. The summed E-state index contributed by atoms with van der Waals surface area (Å²) in [5.74, 6) is 0.677. The van der Waals surface area contributed by atoms with E-state index < -0.39 is 0 Å². The van der Waals surface area contributed by atoms with Gasteiger partial charge in [0.1, 0.15) is 6.61 Å². The van der Waals surface area contributed by atoms with E-state index in [1.807, 2.05) is 46.0 Å². The molecule has 0 spiro atoms. The molecule has 21 heavy (non-hydrogen) atoms. The van der Waals surface area contributed by atoms with E-state index in [-0.39, 0.29) is 5.60 Å². The summed E-state index contributed by atoms with van der Waals surface area (Å²) < 4.78 is 11.5. The zero-order valence-corrected chi connectivity index (χ0v) is 13.3. The minimum absolute atomic E-state index is 0.146. The van der Waals surface area contributed by atoms with Crippen molar-refractivity contribution in [3.05, 3.63) is 36.0 Å². The summed E-state index contributed by atoms with van der Waals surface area (Å²) in [4.78, 5) is 4.58. The van der Waals surface area contributed by atoms with Crippen LogP contribution in [0.5, 0.6) is 5.88 Å². The fourth-order valence-corrected chi connectivity index (χ4v) is 2.09. The molecule has 1 N–H and O–H groups in total. The fraction of sp³-hybridized carbons (Fsp3) is 0.471. The number of hydrogen-bond donors (Lipinski definition) is 1. The lowest BCUT2D eigenvalue weighted by Crippen LogP contribution is -2.22. The second-order valence-corrected chi connectivity index (χ2v) is 5.98. The minimum Gasteiger partial charge on any atom is -0.475 e. The van der Waals surface area contributed by atoms with Crippen LogP contribution >= 0.6 is 0 Å². The van der Waals surface area contributed by atoms with Crippen molar-refractivity contribution in [2.75, 3.05) is 20.3 Å². The molecule has 0 saturated carbocycles. The molecule has 0 bridgehead atoms. The Labute approximate surface area is 126 Å². The molecule has 1 aromatic carbocycles. The van der Waals surface area contributed by atoms with Crippen molar-refractivity contribution in [3.63, 3.8) is 0 Å². The molecular weight excluding hydrogens is 264 g/mol. The third-order valence-corrected chi connectivity index (χ3v) is 2.97. The van der Waals surface area contributed by atoms with Crippen LogP contribution in [-0.4, -0.2) is 30.8 Å². The van der Waals surface area contributed by atoms with Crippen molar-refractivity contribution in [1.82, 2.24) is 10.3 Å². The van der Waals surface area contributed by atoms with Crippen LogP contribution in [0.3, 0.4) is 0 Å². The molecular formula is C17H24N2O2. The van der Waals surface area contributed by atoms with Crippen LogP contribution in [0.2, 0.25) is 0 Å². The Hall–Kier alpha value is -1.65. The van der Waals surface area contributed by atoms with Crippen LogP contribution in [0.25, 0.3) is 10.8 Å². The molecule has 0 amide bonds. The van der Waals surface area contributed by atoms with E-state index in [9.17, 15) is 0 Å². The maximum absolute atomic E-state index is 5.84. The third kappa shape index (κ3) is 4.69. The number of fused-ring (bicyclic) bond motifs is 1. The van der Waals surface area contributed by atoms with E-state index in [0.717, 1.165) is 23.0 Å². The summed E-state index contributed by atoms with van der Waals surface area (Å²) >= 11 is 0. The van der Waals surface area contributed by atoms with Crippen molar-refractivity contribution in [2.24, 2.45) is 0 Å². The van der Waals surface area contributed by atoms with Gasteiger partial charge < -0.3 is 14.8 Å². The lowest BCUT2D eigenvalue weighted by molar-refractivity contribution is -0.0166. The normalized spacial score (nSPS) is 11.8. The van der Waals surface area contributed by atoms with Crippen LogP contribution in [0, 0.1) is 0 Å². The van der Waals surface area contributed by atoms with Crippen molar-refractivity contribution in [2.45, 2.75) is 32.9 Å². The van der Waals surface area contributed by atoms with Gasteiger partial charge >= 0.3 is 0 Å². The smallest absolute Gasteiger partial charge is 0.221 e. The second-order valence-electron chi connectivity index (χ2n) is 5.98. The molecule has 2 aromatic rings. The van der Waals surface area contributed by atoms with Gasteiger partial charge in [-0.2, -0.15) is 0 Å². The molecule has 0 aliphatic heterocycles. The van der Waals surface area contributed by atoms with E-state index in [0.29, 0.717) is 19.1 Å². The van der Waals surface area contributed by atoms with Crippen LogP contribution < -0.4 is 10.1 Å². The van der Waals surface area contributed by atoms with Gasteiger partial charge in [-0.3, -0.25) is 0 Å². The molecule has 1 aromatic heterocycles. The molecule has 0 aliphatic carbocycles. The molecule has 0 saturated heterocycles. The molecule has 114 valence electrons. The van der Waals surface area contributed by atoms with E-state index >= 15 is 0 Å². The van der Waals surface area contributed by atoms with Gasteiger partial charge in [-0.05, 0) is 45.3 Å². The Kier molecular flexibility index (Phi) is 5.15. The molecule has 0 atom stereocenters. The van der Waals surface area contributed by atoms with Gasteiger partial charge in [-0.15, -0.1) is 0 Å². The lowest BCUT2D eigenvalue weighted by atomic mass is 10.1. The molecule has 0 aliphatic rings. The number of nitrogens with one attached hydrogen (secondary N) is 1. The van der Waals surface area contributed by atoms with Crippen LogP contribution in [0.1, 0.15) is 26.5 Å². The van der Waals surface area contributed by atoms with E-state index in [1.54, 1.807) is 0 Å². The van der Waals surface area contributed by atoms with Gasteiger partial charge in [0.25, 0.3) is 0 Å². The lowest BCUT2D eigenvalue weighted by Gasteiger charge is -2.19. The largest absolute Gasteiger partial charge is 0.475 e. The number of hydrogen-bond acceptors (Lipinski definition) is 4. The van der Waals surface area contributed by atoms with Gasteiger partial charge in [0, 0.05) is 11.9 Å². The average Bonchev–Trinajstić information content (AvgIpc) is 2.43. The summed E-state index contributed by atoms with van der Waals surface area (Å²) in [7, 11) is 1.91. The topological polar surface area (TPSA) is 43.4 Å². The van der Waals surface area contributed by atoms with Crippen molar-refractivity contribution in [3.8, 4) is 5.88 Å². The van der Waals surface area contributed by atoms with Crippen LogP contribution in [0.15, 0.2) is 30.3 Å². The van der Waals surface area contributed by atoms with Crippen LogP contribution in [-0.2, 0) is 11.3 Å². The molecule has 0 radical (unpaired) electrons. The van der Waals surface area contributed by atoms with Crippen molar-refractivity contribution in [1.29, 1.82) is 0 Å². The first kappa shape index (κ1) is 15.7. The number of pyridine rings is 1. The maximum atomic E-state index is 5.84. The Morgan fingerprint density at radius 2 is 1.90 bits per heavy atom. The Bertz CT molecular complexity index is 591. The van der Waals surface area contributed by atoms with E-state index in [1.165, 1.54) is 0 Å². The Balaban J connectivity index is 2.13. The average molecular weight is 288 g/mol. The van der Waals surface area contributed by atoms with Gasteiger partial charge in [0.15, 0.2) is 0 Å². The van der Waals surface area contributed by atoms with Crippen molar-refractivity contribution < 1.29 is 9.47 Å². The zero-order valence-electron chi connectivity index (χ0n) is 13.3. The molecule has 4 nitrogen and oxygen atoms in total. The van der Waals surface area contributed by atoms with E-state index in [2.05, 4.69) is 22.4 Å². The predicted octanol–water partition coefficient (Wildman–Crippen LogP) is 3.15. The number of rotatable bonds is 6. The highest BCUT2D eigenvalue weighted by atomic mass is 16.5. The molecule has 1 heterocycles. The highest BCUT2D eigenvalue weighted by Gasteiger charge is 2.11. The predicted molar refractivity (Wildman–Crippen MR) is 85.7 cm³/mol. The monoisotopic (exact) mass is 288 g/mol. The first-order valence-corrected chi connectivity index (χ1v) is 7.29. The summed E-state index contributed by atoms with van der Waals surface area (Å²) in [5.41, 5.74) is 0.829. The van der Waals surface area contributed by atoms with E-state index in [4.69, 9.17) is 9.47 Å². The minimum atomic E-state index is -0.146. The quantitative estimate of drug-likeness (QED) is 0.829. The first-order valence-electron chi connectivity index (χ1n) is 7.29. The summed E-state index contributed by atoms with van der Waals surface area (Å²) in [5, 5.41) is 5.30. The van der Waals surface area contributed by atoms with Gasteiger partial charge in [0.2, 0.25) is 5.88 Å². The highest BCUT2D eigenvalue weighted by Crippen LogP contribution is 2.24. The van der Waals surface area contributed by atoms with Crippen LogP contribution in [0.4, 0.5) is 0 Å². The fourth-order valence-electron chi connectivity index (χ4n) is 2.09. The number of nitrogens with zero attached hydrogens (tertiary/aromatic N) is 1. The molecule has 4 heteroatoms. The van der Waals surface area contributed by atoms with Gasteiger partial charge in [0.05, 0.1) is 17.9 Å². The SMILES string of the molecule is CNCc1cc2ccccc2c(OCCOC(C)(C)C)n1. The summed E-state index contributed by atoms with van der Waals surface area (Å²) in [6.45, 7) is 7.88. The molecule has 0 unspecified atom stereocenters. The molecule has 2 rings (SSSR count). The third-order valence-electron chi connectivity index (χ3n) is 2.97. The number of benzene rings is 1. The number of ether oxygens (including phenoxy) is 2. The maximum Gasteiger partial charge on any atom is 0.221 e. The van der Waals surface area contributed by atoms with Crippen molar-refractivity contribution >= 4 is 10.8 Å². The highest BCUT2D eigenvalue weighted by molar-refractivity contribution is 5.87. The summed E-state index contributed by atoms with van der Waals surface area (Å²) in [6, 6.07) is 10.2. The van der Waals surface area contributed by atoms with Gasteiger partial charge in [-0.1, -0.05) is 18.2 Å². The standard InChI is InChI=1S/C17H24N2O2/c1-17(2,3)21-10-9-20-16-15-8-6-5-7-13(15)11-14(19-16)12-18-4/h5-8,11,18H,9-10,12H2,1-4H3. The zero-order chi connectivity index (χ0) is 15.3. The Morgan fingerprint density at radius 3 is 2.62 bits per heavy atom. The first-order chi connectivity index (χ1) is 9.99. The Morgan fingerprint density at radius 1 is 1.14 bits per heavy atom. The summed E-state index contributed by atoms with van der Waals surface area (Å²) in [6.07, 6.45) is 0. The molecule has 0 fully saturated rings. The van der Waals surface area contributed by atoms with Gasteiger partial charge in [-0.25, -0.2) is 4.98 Å².